The topological polar surface area (TPSA) is 75.1 Å². The van der Waals surface area contributed by atoms with Crippen LogP contribution in [0.1, 0.15) is 11.1 Å². The number of amides is 1. The number of hydrogen-bond acceptors (Lipinski definition) is 3. The zero-order valence-electron chi connectivity index (χ0n) is 15.9. The third kappa shape index (κ3) is 3.25. The van der Waals surface area contributed by atoms with Crippen LogP contribution in [0.5, 0.6) is 0 Å². The lowest BCUT2D eigenvalue weighted by Gasteiger charge is -2.10. The Morgan fingerprint density at radius 2 is 2.07 bits per heavy atom. The average Bonchev–Trinajstić information content (AvgIpc) is 3.34. The molecule has 0 atom stereocenters. The van der Waals surface area contributed by atoms with E-state index in [4.69, 9.17) is 0 Å². The third-order valence-electron chi connectivity index (χ3n) is 5.07. The monoisotopic (exact) mass is 381 g/mol. The van der Waals surface area contributed by atoms with Crippen LogP contribution < -0.4 is 5.32 Å². The average molecular weight is 381 g/mol. The minimum atomic E-state index is -0.0494. The number of nitrogens with zero attached hydrogens (tertiary/aromatic N) is 3. The summed E-state index contributed by atoms with van der Waals surface area (Å²) in [4.78, 5) is 24.7. The van der Waals surface area contributed by atoms with Gasteiger partial charge in [-0.05, 0) is 36.2 Å². The number of anilines is 1. The van der Waals surface area contributed by atoms with E-state index in [1.807, 2.05) is 78.4 Å². The van der Waals surface area contributed by atoms with E-state index >= 15 is 0 Å². The predicted octanol–water partition coefficient (Wildman–Crippen LogP) is 4.37. The van der Waals surface area contributed by atoms with Crippen molar-refractivity contribution in [3.63, 3.8) is 0 Å². The van der Waals surface area contributed by atoms with Crippen molar-refractivity contribution < 1.29 is 4.79 Å². The molecule has 0 saturated carbocycles. The number of hydrogen-bond donors (Lipinski definition) is 2. The summed E-state index contributed by atoms with van der Waals surface area (Å²) in [5, 5.41) is 4.13. The molecule has 3 aromatic heterocycles. The van der Waals surface area contributed by atoms with Crippen molar-refractivity contribution in [1.82, 2.24) is 19.4 Å². The van der Waals surface area contributed by atoms with E-state index in [1.54, 1.807) is 6.20 Å². The number of carbonyl (C=O) groups is 1. The lowest BCUT2D eigenvalue weighted by Crippen LogP contribution is -2.15. The van der Waals surface area contributed by atoms with Gasteiger partial charge in [-0.2, -0.15) is 0 Å². The number of rotatable bonds is 4. The summed E-state index contributed by atoms with van der Waals surface area (Å²) in [5.41, 5.74) is 5.56. The Balaban J connectivity index is 1.40. The third-order valence-corrected chi connectivity index (χ3v) is 5.07. The molecule has 0 fully saturated rings. The summed E-state index contributed by atoms with van der Waals surface area (Å²) in [7, 11) is 0. The van der Waals surface area contributed by atoms with Crippen LogP contribution in [0.15, 0.2) is 73.3 Å². The van der Waals surface area contributed by atoms with Crippen molar-refractivity contribution in [3.05, 3.63) is 84.4 Å². The lowest BCUT2D eigenvalue weighted by molar-refractivity contribution is -0.115. The molecule has 1 amide bonds. The van der Waals surface area contributed by atoms with Crippen LogP contribution in [-0.2, 0) is 11.2 Å². The number of carbonyl (C=O) groups excluding carboxylic acids is 1. The van der Waals surface area contributed by atoms with E-state index in [2.05, 4.69) is 20.3 Å². The van der Waals surface area contributed by atoms with E-state index in [0.29, 0.717) is 12.2 Å². The van der Waals surface area contributed by atoms with Gasteiger partial charge in [-0.1, -0.05) is 30.3 Å². The molecule has 2 N–H and O–H groups in total. The Labute approximate surface area is 167 Å². The Morgan fingerprint density at radius 3 is 2.97 bits per heavy atom. The van der Waals surface area contributed by atoms with Crippen LogP contribution in [0.25, 0.3) is 27.9 Å². The molecule has 3 heterocycles. The first-order valence-electron chi connectivity index (χ1n) is 9.43. The number of imidazole rings is 1. The molecule has 142 valence electrons. The molecule has 6 heteroatoms. The van der Waals surface area contributed by atoms with Gasteiger partial charge in [-0.3, -0.25) is 9.20 Å². The quantitative estimate of drug-likeness (QED) is 0.485. The maximum atomic E-state index is 12.7. The van der Waals surface area contributed by atoms with Crippen molar-refractivity contribution in [1.29, 1.82) is 0 Å². The molecule has 0 radical (unpaired) electrons. The van der Waals surface area contributed by atoms with Gasteiger partial charge in [0.1, 0.15) is 0 Å². The van der Waals surface area contributed by atoms with Gasteiger partial charge in [0.2, 0.25) is 11.7 Å². The number of aryl methyl sites for hydroxylation is 1. The number of nitrogens with one attached hydrogen (secondary N) is 2. The van der Waals surface area contributed by atoms with Gasteiger partial charge in [0, 0.05) is 46.9 Å². The Bertz CT molecular complexity index is 1310. The molecule has 2 aromatic carbocycles. The highest BCUT2D eigenvalue weighted by Gasteiger charge is 2.12. The normalized spacial score (nSPS) is 11.2. The number of para-hydroxylation sites is 1. The molecule has 0 saturated heterocycles. The van der Waals surface area contributed by atoms with Gasteiger partial charge in [-0.15, -0.1) is 0 Å². The van der Waals surface area contributed by atoms with Gasteiger partial charge in [-0.25, -0.2) is 9.97 Å². The van der Waals surface area contributed by atoms with Crippen LogP contribution in [0.2, 0.25) is 0 Å². The van der Waals surface area contributed by atoms with Crippen LogP contribution >= 0.6 is 0 Å². The minimum Gasteiger partial charge on any atom is -0.361 e. The highest BCUT2D eigenvalue weighted by Crippen LogP contribution is 2.25. The maximum absolute atomic E-state index is 12.7. The SMILES string of the molecule is Cc1ccc(-c2cn3cccnc3n2)cc1NC(=O)Cc1c[nH]c2ccccc12. The van der Waals surface area contributed by atoms with Crippen LogP contribution in [0.3, 0.4) is 0 Å². The molecule has 0 aliphatic heterocycles. The molecule has 6 nitrogen and oxygen atoms in total. The molecule has 5 aromatic rings. The molecule has 0 aliphatic rings. The second-order valence-corrected chi connectivity index (χ2v) is 7.07. The highest BCUT2D eigenvalue weighted by atomic mass is 16.1. The summed E-state index contributed by atoms with van der Waals surface area (Å²) in [6.07, 6.45) is 7.78. The molecular weight excluding hydrogens is 362 g/mol. The fraction of sp³-hybridized carbons (Fsp3) is 0.0870. The smallest absolute Gasteiger partial charge is 0.234 e. The molecule has 0 aliphatic carbocycles. The van der Waals surface area contributed by atoms with Crippen LogP contribution in [-0.4, -0.2) is 25.3 Å². The van der Waals surface area contributed by atoms with E-state index in [1.165, 1.54) is 0 Å². The summed E-state index contributed by atoms with van der Waals surface area (Å²) in [6.45, 7) is 1.98. The Hall–Kier alpha value is -3.93. The zero-order chi connectivity index (χ0) is 19.8. The van der Waals surface area contributed by atoms with E-state index in [-0.39, 0.29) is 5.91 Å². The van der Waals surface area contributed by atoms with Gasteiger partial charge in [0.15, 0.2) is 0 Å². The van der Waals surface area contributed by atoms with E-state index in [0.717, 1.165) is 39.0 Å². The second kappa shape index (κ2) is 6.91. The fourth-order valence-electron chi connectivity index (χ4n) is 3.53. The summed E-state index contributed by atoms with van der Waals surface area (Å²) in [5.74, 6) is 0.597. The van der Waals surface area contributed by atoms with E-state index < -0.39 is 0 Å². The highest BCUT2D eigenvalue weighted by molar-refractivity contribution is 5.96. The lowest BCUT2D eigenvalue weighted by atomic mass is 10.1. The first kappa shape index (κ1) is 17.2. The molecular formula is C23H19N5O. The number of aromatic amines is 1. The van der Waals surface area contributed by atoms with Crippen LogP contribution in [0, 0.1) is 6.92 Å². The number of aromatic nitrogens is 4. The standard InChI is InChI=1S/C23H19N5O/c1-15-7-8-16(21-14-28-10-4-9-24-23(28)27-21)11-20(15)26-22(29)12-17-13-25-19-6-3-2-5-18(17)19/h2-11,13-14,25H,12H2,1H3,(H,26,29). The second-order valence-electron chi connectivity index (χ2n) is 7.07. The molecule has 0 unspecified atom stereocenters. The summed E-state index contributed by atoms with van der Waals surface area (Å²) in [6, 6.07) is 15.8. The van der Waals surface area contributed by atoms with Gasteiger partial charge in [0.05, 0.1) is 12.1 Å². The minimum absolute atomic E-state index is 0.0494. The summed E-state index contributed by atoms with van der Waals surface area (Å²) >= 11 is 0. The largest absolute Gasteiger partial charge is 0.361 e. The number of benzene rings is 2. The molecule has 0 bridgehead atoms. The maximum Gasteiger partial charge on any atom is 0.234 e. The van der Waals surface area contributed by atoms with E-state index in [9.17, 15) is 4.79 Å². The van der Waals surface area contributed by atoms with Crippen molar-refractivity contribution >= 4 is 28.3 Å². The van der Waals surface area contributed by atoms with Crippen molar-refractivity contribution in [3.8, 4) is 11.3 Å². The van der Waals surface area contributed by atoms with Crippen LogP contribution in [0.4, 0.5) is 5.69 Å². The van der Waals surface area contributed by atoms with Crippen molar-refractivity contribution in [2.45, 2.75) is 13.3 Å². The Kier molecular flexibility index (Phi) is 4.09. The van der Waals surface area contributed by atoms with Crippen molar-refractivity contribution in [2.24, 2.45) is 0 Å². The molecule has 29 heavy (non-hydrogen) atoms. The Morgan fingerprint density at radius 1 is 1.17 bits per heavy atom. The molecule has 5 rings (SSSR count). The number of H-pyrrole nitrogens is 1. The fourth-order valence-corrected chi connectivity index (χ4v) is 3.53. The van der Waals surface area contributed by atoms with Gasteiger partial charge < -0.3 is 10.3 Å². The number of fused-ring (bicyclic) bond motifs is 2. The van der Waals surface area contributed by atoms with Crippen molar-refractivity contribution in [2.75, 3.05) is 5.32 Å². The van der Waals surface area contributed by atoms with Gasteiger partial charge >= 0.3 is 0 Å². The van der Waals surface area contributed by atoms with Gasteiger partial charge in [0.25, 0.3) is 0 Å². The first-order valence-corrected chi connectivity index (χ1v) is 9.43. The summed E-state index contributed by atoms with van der Waals surface area (Å²) < 4.78 is 1.88. The predicted molar refractivity (Wildman–Crippen MR) is 114 cm³/mol. The molecule has 0 spiro atoms. The zero-order valence-corrected chi connectivity index (χ0v) is 15.9. The first-order chi connectivity index (χ1) is 14.2.